The summed E-state index contributed by atoms with van der Waals surface area (Å²) in [5, 5.41) is 0. The van der Waals surface area contributed by atoms with Gasteiger partial charge in [-0.05, 0) is 36.5 Å². The summed E-state index contributed by atoms with van der Waals surface area (Å²) < 4.78 is 0. The average Bonchev–Trinajstić information content (AvgIpc) is 2.49. The highest BCUT2D eigenvalue weighted by Crippen LogP contribution is 2.05. The normalized spacial score (nSPS) is 9.42. The molecule has 0 aliphatic heterocycles. The molecule has 0 heteroatoms. The maximum Gasteiger partial charge on any atom is -0.0262 e. The first-order valence-electron chi connectivity index (χ1n) is 6.96. The summed E-state index contributed by atoms with van der Waals surface area (Å²) in [6, 6.07) is 17.1. The summed E-state index contributed by atoms with van der Waals surface area (Å²) in [7, 11) is 0. The second-order valence-electron chi connectivity index (χ2n) is 4.64. The van der Waals surface area contributed by atoms with Crippen LogP contribution in [-0.2, 0) is 12.8 Å². The van der Waals surface area contributed by atoms with Gasteiger partial charge in [0, 0.05) is 0 Å². The molecule has 0 aliphatic carbocycles. The quantitative estimate of drug-likeness (QED) is 0.681. The number of aryl methyl sites for hydroxylation is 3. The van der Waals surface area contributed by atoms with Crippen molar-refractivity contribution in [3.8, 4) is 0 Å². The van der Waals surface area contributed by atoms with Gasteiger partial charge in [0.15, 0.2) is 0 Å². The lowest BCUT2D eigenvalue weighted by Gasteiger charge is -1.95. The summed E-state index contributed by atoms with van der Waals surface area (Å²) in [4.78, 5) is 0. The van der Waals surface area contributed by atoms with Crippen molar-refractivity contribution in [3.05, 3.63) is 77.4 Å². The molecule has 0 atom stereocenters. The van der Waals surface area contributed by atoms with E-state index in [2.05, 4.69) is 75.9 Å². The van der Waals surface area contributed by atoms with E-state index in [0.29, 0.717) is 0 Å². The first-order valence-corrected chi connectivity index (χ1v) is 6.96. The number of benzene rings is 2. The van der Waals surface area contributed by atoms with E-state index in [0.717, 1.165) is 12.8 Å². The third-order valence-electron chi connectivity index (χ3n) is 3.15. The third kappa shape index (κ3) is 5.56. The Morgan fingerprint density at radius 2 is 1.21 bits per heavy atom. The first kappa shape index (κ1) is 15.2. The van der Waals surface area contributed by atoms with E-state index in [9.17, 15) is 0 Å². The fourth-order valence-corrected chi connectivity index (χ4v) is 1.71. The molecule has 0 unspecified atom stereocenters. The van der Waals surface area contributed by atoms with Gasteiger partial charge in [-0.25, -0.2) is 0 Å². The molecule has 0 nitrogen and oxygen atoms in total. The molecular formula is C19H24. The van der Waals surface area contributed by atoms with Crippen molar-refractivity contribution in [2.24, 2.45) is 0 Å². The zero-order valence-electron chi connectivity index (χ0n) is 12.3. The fourth-order valence-electron chi connectivity index (χ4n) is 1.71. The Hall–Kier alpha value is -1.82. The molecule has 2 aromatic rings. The molecule has 0 heterocycles. The Bertz CT molecular complexity index is 474. The van der Waals surface area contributed by atoms with E-state index in [1.54, 1.807) is 0 Å². The monoisotopic (exact) mass is 252 g/mol. The van der Waals surface area contributed by atoms with Gasteiger partial charge in [0.25, 0.3) is 0 Å². The van der Waals surface area contributed by atoms with Gasteiger partial charge in [-0.2, -0.15) is 0 Å². The van der Waals surface area contributed by atoms with Gasteiger partial charge in [-0.1, -0.05) is 80.6 Å². The standard InChI is InChI=1S/C10H12.C9H12/c1-3-9-5-7-10(4-2)8-6-9;1-3-9-6-4-8(2)5-7-9/h3,5-8H,1,4H2,2H3;4-7H,3H2,1-2H3. The minimum Gasteiger partial charge on any atom is -0.0985 e. The van der Waals surface area contributed by atoms with Crippen LogP contribution in [0.2, 0.25) is 0 Å². The van der Waals surface area contributed by atoms with E-state index in [-0.39, 0.29) is 0 Å². The van der Waals surface area contributed by atoms with Crippen LogP contribution in [0, 0.1) is 6.92 Å². The molecular weight excluding hydrogens is 228 g/mol. The minimum absolute atomic E-state index is 1.11. The molecule has 19 heavy (non-hydrogen) atoms. The highest BCUT2D eigenvalue weighted by atomic mass is 13.9. The predicted octanol–water partition coefficient (Wildman–Crippen LogP) is 5.45. The summed E-state index contributed by atoms with van der Waals surface area (Å²) >= 11 is 0. The molecule has 0 N–H and O–H groups in total. The predicted molar refractivity (Wildman–Crippen MR) is 86.5 cm³/mol. The summed E-state index contributed by atoms with van der Waals surface area (Å²) in [6.45, 7) is 10.1. The molecule has 0 aromatic heterocycles. The Balaban J connectivity index is 0.000000191. The lowest BCUT2D eigenvalue weighted by Crippen LogP contribution is -1.78. The molecule has 2 aromatic carbocycles. The fraction of sp³-hybridized carbons (Fsp3) is 0.263. The van der Waals surface area contributed by atoms with Crippen LogP contribution >= 0.6 is 0 Å². The van der Waals surface area contributed by atoms with Crippen LogP contribution in [0.4, 0.5) is 0 Å². The van der Waals surface area contributed by atoms with Crippen LogP contribution in [-0.4, -0.2) is 0 Å². The highest BCUT2D eigenvalue weighted by Gasteiger charge is 1.86. The number of hydrogen-bond donors (Lipinski definition) is 0. The average molecular weight is 252 g/mol. The molecule has 0 radical (unpaired) electrons. The topological polar surface area (TPSA) is 0 Å². The number of rotatable bonds is 3. The zero-order chi connectivity index (χ0) is 14.1. The Kier molecular flexibility index (Phi) is 6.67. The molecule has 0 bridgehead atoms. The Morgan fingerprint density at radius 3 is 1.58 bits per heavy atom. The second-order valence-corrected chi connectivity index (χ2v) is 4.64. The van der Waals surface area contributed by atoms with Gasteiger partial charge >= 0.3 is 0 Å². The van der Waals surface area contributed by atoms with Gasteiger partial charge in [0.05, 0.1) is 0 Å². The Labute approximate surface area is 117 Å². The van der Waals surface area contributed by atoms with Gasteiger partial charge in [0.1, 0.15) is 0 Å². The van der Waals surface area contributed by atoms with E-state index in [4.69, 9.17) is 0 Å². The van der Waals surface area contributed by atoms with Crippen molar-refractivity contribution in [1.82, 2.24) is 0 Å². The van der Waals surface area contributed by atoms with Gasteiger partial charge in [-0.15, -0.1) is 0 Å². The van der Waals surface area contributed by atoms with E-state index < -0.39 is 0 Å². The van der Waals surface area contributed by atoms with Crippen LogP contribution in [0.3, 0.4) is 0 Å². The smallest absolute Gasteiger partial charge is 0.0262 e. The summed E-state index contributed by atoms with van der Waals surface area (Å²) in [5.74, 6) is 0. The molecule has 0 amide bonds. The lowest BCUT2D eigenvalue weighted by atomic mass is 10.1. The van der Waals surface area contributed by atoms with Gasteiger partial charge < -0.3 is 0 Å². The maximum atomic E-state index is 3.69. The van der Waals surface area contributed by atoms with Crippen molar-refractivity contribution in [2.75, 3.05) is 0 Å². The first-order chi connectivity index (χ1) is 9.19. The SMILES string of the molecule is C=Cc1ccc(CC)cc1.CCc1ccc(C)cc1. The molecule has 0 saturated carbocycles. The third-order valence-corrected chi connectivity index (χ3v) is 3.15. The molecule has 100 valence electrons. The van der Waals surface area contributed by atoms with E-state index in [1.807, 2.05) is 6.08 Å². The van der Waals surface area contributed by atoms with Crippen molar-refractivity contribution in [3.63, 3.8) is 0 Å². The molecule has 0 spiro atoms. The van der Waals surface area contributed by atoms with Crippen LogP contribution in [0.15, 0.2) is 55.1 Å². The van der Waals surface area contributed by atoms with Gasteiger partial charge in [0.2, 0.25) is 0 Å². The molecule has 2 rings (SSSR count). The largest absolute Gasteiger partial charge is 0.0985 e. The van der Waals surface area contributed by atoms with Crippen molar-refractivity contribution < 1.29 is 0 Å². The van der Waals surface area contributed by atoms with Crippen molar-refractivity contribution in [1.29, 1.82) is 0 Å². The van der Waals surface area contributed by atoms with Crippen LogP contribution < -0.4 is 0 Å². The Morgan fingerprint density at radius 1 is 0.789 bits per heavy atom. The van der Waals surface area contributed by atoms with Crippen LogP contribution in [0.25, 0.3) is 6.08 Å². The maximum absolute atomic E-state index is 3.69. The molecule has 0 fully saturated rings. The highest BCUT2D eigenvalue weighted by molar-refractivity contribution is 5.47. The second kappa shape index (κ2) is 8.31. The van der Waals surface area contributed by atoms with E-state index >= 15 is 0 Å². The van der Waals surface area contributed by atoms with Gasteiger partial charge in [-0.3, -0.25) is 0 Å². The van der Waals surface area contributed by atoms with Crippen molar-refractivity contribution in [2.45, 2.75) is 33.6 Å². The van der Waals surface area contributed by atoms with Crippen LogP contribution in [0.1, 0.15) is 36.1 Å². The summed E-state index contributed by atoms with van der Waals surface area (Å²) in [5.41, 5.74) is 5.33. The summed E-state index contributed by atoms with van der Waals surface area (Å²) in [6.07, 6.45) is 4.11. The molecule has 0 aliphatic rings. The minimum atomic E-state index is 1.11. The molecule has 0 saturated heterocycles. The number of hydrogen-bond acceptors (Lipinski definition) is 0. The van der Waals surface area contributed by atoms with E-state index in [1.165, 1.54) is 22.3 Å². The van der Waals surface area contributed by atoms with Crippen molar-refractivity contribution >= 4 is 6.08 Å². The van der Waals surface area contributed by atoms with Crippen LogP contribution in [0.5, 0.6) is 0 Å². The lowest BCUT2D eigenvalue weighted by molar-refractivity contribution is 1.14. The zero-order valence-corrected chi connectivity index (χ0v) is 12.3.